The van der Waals surface area contributed by atoms with Crippen molar-refractivity contribution in [3.05, 3.63) is 102 Å². The van der Waals surface area contributed by atoms with Crippen LogP contribution in [0.25, 0.3) is 10.8 Å². The zero-order chi connectivity index (χ0) is 47.7. The predicted molar refractivity (Wildman–Crippen MR) is 223 cm³/mol. The van der Waals surface area contributed by atoms with Gasteiger partial charge in [0, 0.05) is 28.3 Å². The number of sulfone groups is 1. The number of azo groups is 1. The van der Waals surface area contributed by atoms with E-state index in [4.69, 9.17) is 16.2 Å². The van der Waals surface area contributed by atoms with E-state index in [0.29, 0.717) is 28.9 Å². The number of rotatable bonds is 16. The van der Waals surface area contributed by atoms with Gasteiger partial charge in [0.15, 0.2) is 9.84 Å². The van der Waals surface area contributed by atoms with Crippen molar-refractivity contribution < 1.29 is 188 Å². The summed E-state index contributed by atoms with van der Waals surface area (Å²) in [7, 11) is -25.5. The molecule has 5 aromatic carbocycles. The molecule has 0 fully saturated rings. The van der Waals surface area contributed by atoms with Crippen molar-refractivity contribution in [3.63, 3.8) is 0 Å². The number of nitrogens with zero attached hydrogens (tertiary/aromatic N) is 6. The maximum Gasteiger partial charge on any atom is 1.00 e. The van der Waals surface area contributed by atoms with Crippen molar-refractivity contribution in [1.29, 1.82) is 0 Å². The van der Waals surface area contributed by atoms with E-state index < -0.39 is 117 Å². The van der Waals surface area contributed by atoms with E-state index in [1.54, 1.807) is 6.92 Å². The van der Waals surface area contributed by atoms with E-state index in [1.807, 2.05) is 0 Å². The van der Waals surface area contributed by atoms with Crippen LogP contribution in [-0.4, -0.2) is 94.2 Å². The number of anilines is 4. The SMILES string of the molecule is CCN(c1cccc(S(=O)(=O)CCOS(=O)(=O)O)c1)c1nc(Nc2ccc(Cl)cc2)nc(=Nc2cc(S(=O)(=O)[O-])cc3cc(S(=O)(=O)[O-])c(N=Nc4ccccc4S(=O)(=O)[O-])c([O-])c23)[nH]1.[Na+].[Na+].[Na+].[Na+]. The summed E-state index contributed by atoms with van der Waals surface area (Å²) in [5.41, 5.74) is -2.61. The summed E-state index contributed by atoms with van der Waals surface area (Å²) < 4.78 is 171. The minimum absolute atomic E-state index is 0. The molecule has 0 unspecified atom stereocenters. The second-order valence-electron chi connectivity index (χ2n) is 13.0. The van der Waals surface area contributed by atoms with Crippen LogP contribution in [0.5, 0.6) is 5.75 Å². The molecular weight excluding hydrogens is 1080 g/mol. The summed E-state index contributed by atoms with van der Waals surface area (Å²) in [6.07, 6.45) is 0. The Bertz CT molecular complexity index is 3560. The Morgan fingerprint density at radius 3 is 1.97 bits per heavy atom. The fraction of sp³-hybridized carbons (Fsp3) is 0.114. The number of hydrogen-bond donors (Lipinski definition) is 3. The molecule has 0 aliphatic heterocycles. The van der Waals surface area contributed by atoms with Gasteiger partial charge in [-0.3, -0.25) is 9.54 Å². The molecule has 0 spiro atoms. The van der Waals surface area contributed by atoms with Gasteiger partial charge in [-0.15, -0.1) is 10.2 Å². The summed E-state index contributed by atoms with van der Waals surface area (Å²) in [5.74, 6) is -2.75. The predicted octanol–water partition coefficient (Wildman–Crippen LogP) is -8.44. The first-order valence-electron chi connectivity index (χ1n) is 17.7. The Morgan fingerprint density at radius 2 is 1.38 bits per heavy atom. The molecule has 0 aliphatic carbocycles. The Balaban J connectivity index is 0.00000408. The van der Waals surface area contributed by atoms with Crippen LogP contribution in [0.4, 0.5) is 40.3 Å². The van der Waals surface area contributed by atoms with Crippen molar-refractivity contribution in [3.8, 4) is 5.75 Å². The summed E-state index contributed by atoms with van der Waals surface area (Å²) in [5, 5.41) is 23.3. The van der Waals surface area contributed by atoms with Crippen LogP contribution in [-0.2, 0) is 54.8 Å². The van der Waals surface area contributed by atoms with E-state index >= 15 is 0 Å². The van der Waals surface area contributed by atoms with Gasteiger partial charge in [-0.25, -0.2) is 42.8 Å². The van der Waals surface area contributed by atoms with Gasteiger partial charge in [0.05, 0.1) is 43.3 Å². The van der Waals surface area contributed by atoms with Crippen LogP contribution in [0.15, 0.2) is 126 Å². The molecule has 0 aliphatic rings. The summed E-state index contributed by atoms with van der Waals surface area (Å²) in [6.45, 7) is 0.709. The molecule has 3 N–H and O–H groups in total. The Labute approximate surface area is 487 Å². The first-order valence-corrected chi connectivity index (χ1v) is 25.3. The number of aromatic amines is 1. The number of hydrogen-bond acceptors (Lipinski definition) is 22. The van der Waals surface area contributed by atoms with Gasteiger partial charge < -0.3 is 29.0 Å². The molecule has 69 heavy (non-hydrogen) atoms. The second kappa shape index (κ2) is 25.3. The van der Waals surface area contributed by atoms with Gasteiger partial charge in [0.1, 0.15) is 36.0 Å². The fourth-order valence-electron chi connectivity index (χ4n) is 5.86. The van der Waals surface area contributed by atoms with Crippen LogP contribution in [0, 0.1) is 0 Å². The standard InChI is InChI=1S/C35H31ClN8O16S5.4Na/c1-2-44(23-6-5-7-24(18-23)61(46,47)15-14-60-65(57,58)59)35-40-33(37-22-12-10-21(36)11-13-22)39-34(41-35)38-27-19-25(62(48,49)50)16-20-17-29(64(54,55)56)31(32(45)30(20)27)43-42-26-8-3-4-9-28(26)63(51,52)53;;;;/h3-13,16-19,45H,2,14-15H2,1H3,(H,48,49,50)(H,51,52,53)(H,54,55,56)(H,57,58,59)(H2,37,38,39,40,41);;;;/q;4*+1/p-4. The third-order valence-electron chi connectivity index (χ3n) is 8.65. The van der Waals surface area contributed by atoms with Crippen LogP contribution in [0.3, 0.4) is 0 Å². The topological polar surface area (TPSA) is 386 Å². The first-order chi connectivity index (χ1) is 30.2. The van der Waals surface area contributed by atoms with Crippen LogP contribution < -0.4 is 139 Å². The Hall–Kier alpha value is -1.99. The van der Waals surface area contributed by atoms with Gasteiger partial charge >= 0.3 is 129 Å². The average Bonchev–Trinajstić information content (AvgIpc) is 3.20. The number of H-pyrrole nitrogens is 1. The molecule has 0 atom stereocenters. The molecular formula is C35H27ClN8Na4O16S5. The number of aromatic nitrogens is 3. The molecule has 1 aromatic heterocycles. The molecule has 24 nitrogen and oxygen atoms in total. The van der Waals surface area contributed by atoms with Crippen molar-refractivity contribution in [2.24, 2.45) is 15.2 Å². The first kappa shape index (κ1) is 63.1. The van der Waals surface area contributed by atoms with Gasteiger partial charge in [-0.2, -0.15) is 18.4 Å². The molecule has 6 rings (SSSR count). The van der Waals surface area contributed by atoms with E-state index in [9.17, 15) is 60.9 Å². The smallest absolute Gasteiger partial charge is 0.870 e. The normalized spacial score (nSPS) is 12.3. The molecule has 0 bridgehead atoms. The van der Waals surface area contributed by atoms with Crippen molar-refractivity contribution in [1.82, 2.24) is 15.0 Å². The number of nitrogens with one attached hydrogen (secondary N) is 2. The van der Waals surface area contributed by atoms with Gasteiger partial charge in [0.2, 0.25) is 17.5 Å². The largest absolute Gasteiger partial charge is 1.00 e. The number of halogens is 1. The average molecular weight is 1100 g/mol. The summed E-state index contributed by atoms with van der Waals surface area (Å²) >= 11 is 6.04. The fourth-order valence-corrected chi connectivity index (χ4v) is 9.29. The van der Waals surface area contributed by atoms with E-state index in [0.717, 1.165) is 18.2 Å². The molecule has 34 heteroatoms. The molecule has 0 amide bonds. The molecule has 344 valence electrons. The van der Waals surface area contributed by atoms with Crippen LogP contribution in [0.1, 0.15) is 6.92 Å². The van der Waals surface area contributed by atoms with Gasteiger partial charge in [-0.05, 0) is 85.1 Å². The summed E-state index contributed by atoms with van der Waals surface area (Å²) in [4.78, 5) is 13.5. The van der Waals surface area contributed by atoms with Crippen molar-refractivity contribution >= 4 is 113 Å². The third kappa shape index (κ3) is 16.5. The Kier molecular flexibility index (Phi) is 23.1. The maximum absolute atomic E-state index is 14.2. The van der Waals surface area contributed by atoms with Crippen molar-refractivity contribution in [2.75, 3.05) is 29.1 Å². The van der Waals surface area contributed by atoms with E-state index in [1.165, 1.54) is 59.5 Å². The Morgan fingerprint density at radius 1 is 0.739 bits per heavy atom. The summed E-state index contributed by atoms with van der Waals surface area (Å²) in [6, 6.07) is 17.2. The zero-order valence-electron chi connectivity index (χ0n) is 36.5. The minimum atomic E-state index is -5.68. The number of fused-ring (bicyclic) bond motifs is 1. The molecule has 6 aromatic rings. The molecule has 0 radical (unpaired) electrons. The van der Waals surface area contributed by atoms with E-state index in [-0.39, 0.29) is 147 Å². The van der Waals surface area contributed by atoms with Gasteiger partial charge in [0.25, 0.3) is 0 Å². The minimum Gasteiger partial charge on any atom is -0.870 e. The number of benzene rings is 5. The molecule has 0 saturated heterocycles. The van der Waals surface area contributed by atoms with E-state index in [2.05, 4.69) is 39.7 Å². The van der Waals surface area contributed by atoms with Crippen LogP contribution >= 0.6 is 11.6 Å². The quantitative estimate of drug-likeness (QED) is 0.0460. The zero-order valence-corrected chi connectivity index (χ0v) is 49.3. The molecule has 0 saturated carbocycles. The molecule has 1 heterocycles. The second-order valence-corrected chi connectivity index (χ2v) is 20.7. The monoisotopic (exact) mass is 1100 g/mol. The van der Waals surface area contributed by atoms with Crippen molar-refractivity contribution in [2.45, 2.75) is 26.5 Å². The maximum atomic E-state index is 14.2. The van der Waals surface area contributed by atoms with Gasteiger partial charge in [-0.1, -0.05) is 35.5 Å². The van der Waals surface area contributed by atoms with Crippen LogP contribution in [0.2, 0.25) is 5.02 Å². The third-order valence-corrected chi connectivity index (χ3v) is 13.6.